The molecule has 0 atom stereocenters. The van der Waals surface area contributed by atoms with Gasteiger partial charge in [0.15, 0.2) is 5.82 Å². The maximum Gasteiger partial charge on any atom is 0.223 e. The molecule has 0 aliphatic heterocycles. The molecule has 0 unspecified atom stereocenters. The number of hydrogen-bond acceptors (Lipinski definition) is 5. The van der Waals surface area contributed by atoms with E-state index in [2.05, 4.69) is 27.3 Å². The maximum atomic E-state index is 12.4. The van der Waals surface area contributed by atoms with Crippen LogP contribution in [0.5, 0.6) is 0 Å². The van der Waals surface area contributed by atoms with Crippen LogP contribution in [0.4, 0.5) is 0 Å². The predicted octanol–water partition coefficient (Wildman–Crippen LogP) is 2.01. The van der Waals surface area contributed by atoms with Crippen LogP contribution in [0.15, 0.2) is 0 Å². The summed E-state index contributed by atoms with van der Waals surface area (Å²) in [6.07, 6.45) is 6.82. The van der Waals surface area contributed by atoms with Gasteiger partial charge in [0.2, 0.25) is 5.91 Å². The fourth-order valence-corrected chi connectivity index (χ4v) is 3.76. The topological polar surface area (TPSA) is 63.9 Å². The van der Waals surface area contributed by atoms with Crippen LogP contribution < -0.4 is 0 Å². The summed E-state index contributed by atoms with van der Waals surface area (Å²) in [5, 5.41) is 11.4. The second kappa shape index (κ2) is 8.36. The summed E-state index contributed by atoms with van der Waals surface area (Å²) in [5.74, 6) is 2.74. The van der Waals surface area contributed by atoms with Crippen molar-refractivity contribution < 1.29 is 4.79 Å². The first-order chi connectivity index (χ1) is 10.2. The summed E-state index contributed by atoms with van der Waals surface area (Å²) in [4.78, 5) is 14.5. The van der Waals surface area contributed by atoms with E-state index in [9.17, 15) is 4.79 Å². The summed E-state index contributed by atoms with van der Waals surface area (Å²) in [6, 6.07) is 0.476. The Balaban J connectivity index is 1.71. The quantitative estimate of drug-likeness (QED) is 0.721. The Morgan fingerprint density at radius 1 is 1.38 bits per heavy atom. The predicted molar refractivity (Wildman–Crippen MR) is 83.8 cm³/mol. The Hall–Kier alpha value is -1.11. The van der Waals surface area contributed by atoms with Crippen LogP contribution in [-0.2, 0) is 17.6 Å². The molecule has 1 aromatic rings. The third-order valence-electron chi connectivity index (χ3n) is 4.08. The average molecular weight is 311 g/mol. The molecule has 1 aliphatic rings. The summed E-state index contributed by atoms with van der Waals surface area (Å²) in [7, 11) is 1.84. The number of nitrogens with zero attached hydrogens (tertiary/aromatic N) is 5. The SMILES string of the molecule is CCN(C(=O)CCSCc1nnnn1C)C1CCCCC1. The first-order valence-electron chi connectivity index (χ1n) is 7.80. The minimum Gasteiger partial charge on any atom is -0.340 e. The van der Waals surface area contributed by atoms with E-state index in [1.54, 1.807) is 16.4 Å². The van der Waals surface area contributed by atoms with Crippen molar-refractivity contribution in [3.63, 3.8) is 0 Å². The van der Waals surface area contributed by atoms with Gasteiger partial charge in [-0.3, -0.25) is 4.79 Å². The summed E-state index contributed by atoms with van der Waals surface area (Å²) < 4.78 is 1.68. The van der Waals surface area contributed by atoms with Crippen molar-refractivity contribution in [1.82, 2.24) is 25.1 Å². The molecule has 1 fully saturated rings. The monoisotopic (exact) mass is 311 g/mol. The fourth-order valence-electron chi connectivity index (χ4n) is 2.87. The third kappa shape index (κ3) is 4.69. The molecule has 0 saturated heterocycles. The van der Waals surface area contributed by atoms with Crippen molar-refractivity contribution in [3.8, 4) is 0 Å². The van der Waals surface area contributed by atoms with Crippen LogP contribution >= 0.6 is 11.8 Å². The average Bonchev–Trinajstić information content (AvgIpc) is 2.91. The Kier molecular flexibility index (Phi) is 6.48. The summed E-state index contributed by atoms with van der Waals surface area (Å²) in [6.45, 7) is 2.92. The number of carbonyl (C=O) groups is 1. The minimum atomic E-state index is 0.299. The number of aromatic nitrogens is 4. The molecule has 0 bridgehead atoms. The first-order valence-corrected chi connectivity index (χ1v) is 8.96. The number of thioether (sulfide) groups is 1. The van der Waals surface area contributed by atoms with Gasteiger partial charge in [0.05, 0.1) is 5.75 Å². The molecular formula is C14H25N5OS. The molecule has 0 N–H and O–H groups in total. The largest absolute Gasteiger partial charge is 0.340 e. The van der Waals surface area contributed by atoms with Crippen LogP contribution in [-0.4, -0.2) is 49.4 Å². The van der Waals surface area contributed by atoms with Crippen molar-refractivity contribution in [2.45, 2.75) is 57.2 Å². The van der Waals surface area contributed by atoms with Gasteiger partial charge < -0.3 is 4.90 Å². The number of amides is 1. The molecule has 0 radical (unpaired) electrons. The van der Waals surface area contributed by atoms with Gasteiger partial charge in [0.25, 0.3) is 0 Å². The first kappa shape index (κ1) is 16.3. The lowest BCUT2D eigenvalue weighted by Gasteiger charge is -2.33. The zero-order valence-electron chi connectivity index (χ0n) is 13.0. The van der Waals surface area contributed by atoms with E-state index < -0.39 is 0 Å². The van der Waals surface area contributed by atoms with Crippen LogP contribution in [0, 0.1) is 0 Å². The normalized spacial score (nSPS) is 16.1. The Bertz CT molecular complexity index is 444. The van der Waals surface area contributed by atoms with Crippen molar-refractivity contribution in [1.29, 1.82) is 0 Å². The van der Waals surface area contributed by atoms with Gasteiger partial charge in [0.1, 0.15) is 0 Å². The van der Waals surface area contributed by atoms with Crippen molar-refractivity contribution in [2.75, 3.05) is 12.3 Å². The van der Waals surface area contributed by atoms with Crippen molar-refractivity contribution in [3.05, 3.63) is 5.82 Å². The van der Waals surface area contributed by atoms with E-state index >= 15 is 0 Å². The van der Waals surface area contributed by atoms with Gasteiger partial charge in [-0.05, 0) is 30.2 Å². The van der Waals surface area contributed by atoms with Crippen LogP contribution in [0.3, 0.4) is 0 Å². The zero-order valence-corrected chi connectivity index (χ0v) is 13.8. The lowest BCUT2D eigenvalue weighted by atomic mass is 9.94. The van der Waals surface area contributed by atoms with Gasteiger partial charge in [-0.2, -0.15) is 11.8 Å². The minimum absolute atomic E-state index is 0.299. The van der Waals surface area contributed by atoms with Crippen molar-refractivity contribution in [2.24, 2.45) is 7.05 Å². The van der Waals surface area contributed by atoms with E-state index in [1.807, 2.05) is 7.05 Å². The van der Waals surface area contributed by atoms with E-state index in [0.717, 1.165) is 23.9 Å². The number of rotatable bonds is 7. The molecule has 0 spiro atoms. The highest BCUT2D eigenvalue weighted by Gasteiger charge is 2.23. The van der Waals surface area contributed by atoms with Crippen LogP contribution in [0.1, 0.15) is 51.3 Å². The van der Waals surface area contributed by atoms with E-state index in [-0.39, 0.29) is 0 Å². The van der Waals surface area contributed by atoms with Crippen LogP contribution in [0.2, 0.25) is 0 Å². The molecular weight excluding hydrogens is 286 g/mol. The lowest BCUT2D eigenvalue weighted by Crippen LogP contribution is -2.41. The van der Waals surface area contributed by atoms with Gasteiger partial charge in [-0.15, -0.1) is 5.10 Å². The van der Waals surface area contributed by atoms with E-state index in [0.29, 0.717) is 18.4 Å². The second-order valence-electron chi connectivity index (χ2n) is 5.49. The molecule has 1 heterocycles. The number of tetrazole rings is 1. The van der Waals surface area contributed by atoms with Gasteiger partial charge in [-0.1, -0.05) is 19.3 Å². The highest BCUT2D eigenvalue weighted by atomic mass is 32.2. The molecule has 1 amide bonds. The molecule has 1 aromatic heterocycles. The molecule has 1 saturated carbocycles. The molecule has 118 valence electrons. The zero-order chi connectivity index (χ0) is 15.1. The molecule has 1 aliphatic carbocycles. The highest BCUT2D eigenvalue weighted by Crippen LogP contribution is 2.23. The molecule has 0 aromatic carbocycles. The third-order valence-corrected chi connectivity index (χ3v) is 5.03. The Morgan fingerprint density at radius 2 is 2.14 bits per heavy atom. The van der Waals surface area contributed by atoms with Crippen LogP contribution in [0.25, 0.3) is 0 Å². The Morgan fingerprint density at radius 3 is 2.76 bits per heavy atom. The molecule has 6 nitrogen and oxygen atoms in total. The number of aryl methyl sites for hydroxylation is 1. The molecule has 7 heteroatoms. The standard InChI is InChI=1S/C14H25N5OS/c1-3-19(12-7-5-4-6-8-12)14(20)9-10-21-11-13-15-16-17-18(13)2/h12H,3-11H2,1-2H3. The Labute approximate surface area is 130 Å². The van der Waals surface area contributed by atoms with Gasteiger partial charge in [0, 0.05) is 31.8 Å². The van der Waals surface area contributed by atoms with Crippen molar-refractivity contribution >= 4 is 17.7 Å². The summed E-state index contributed by atoms with van der Waals surface area (Å²) in [5.41, 5.74) is 0. The highest BCUT2D eigenvalue weighted by molar-refractivity contribution is 7.98. The fraction of sp³-hybridized carbons (Fsp3) is 0.857. The van der Waals surface area contributed by atoms with E-state index in [1.165, 1.54) is 32.1 Å². The molecule has 21 heavy (non-hydrogen) atoms. The smallest absolute Gasteiger partial charge is 0.223 e. The lowest BCUT2D eigenvalue weighted by molar-refractivity contribution is -0.133. The number of hydrogen-bond donors (Lipinski definition) is 0. The van der Waals surface area contributed by atoms with E-state index in [4.69, 9.17) is 0 Å². The summed E-state index contributed by atoms with van der Waals surface area (Å²) >= 11 is 1.72. The maximum absolute atomic E-state index is 12.4. The second-order valence-corrected chi connectivity index (χ2v) is 6.60. The van der Waals surface area contributed by atoms with Gasteiger partial charge in [-0.25, -0.2) is 4.68 Å². The molecule has 2 rings (SSSR count). The number of carbonyl (C=O) groups excluding carboxylic acids is 1. The van der Waals surface area contributed by atoms with Gasteiger partial charge >= 0.3 is 0 Å².